The molecule has 0 fully saturated rings. The van der Waals surface area contributed by atoms with Gasteiger partial charge in [0.25, 0.3) is 0 Å². The van der Waals surface area contributed by atoms with Crippen molar-refractivity contribution in [2.75, 3.05) is 5.32 Å². The molecular formula is C16H17ClN2. The van der Waals surface area contributed by atoms with Crippen LogP contribution in [0.4, 0.5) is 5.69 Å². The number of halogens is 1. The van der Waals surface area contributed by atoms with Crippen LogP contribution in [0, 0.1) is 6.92 Å². The van der Waals surface area contributed by atoms with E-state index in [4.69, 9.17) is 17.3 Å². The number of hydrogen-bond donors (Lipinski definition) is 2. The maximum Gasteiger partial charge on any atom is 0.0535 e. The highest BCUT2D eigenvalue weighted by molar-refractivity contribution is 6.31. The molecule has 0 aliphatic heterocycles. The molecule has 3 N–H and O–H groups in total. The summed E-state index contributed by atoms with van der Waals surface area (Å²) in [6.45, 7) is 2.01. The maximum absolute atomic E-state index is 6.18. The third-order valence-corrected chi connectivity index (χ3v) is 4.18. The SMILES string of the molecule is Cc1ccc(NC2CC(N)c3ccccc32)cc1Cl. The zero-order valence-electron chi connectivity index (χ0n) is 10.9. The first-order valence-corrected chi connectivity index (χ1v) is 6.90. The lowest BCUT2D eigenvalue weighted by Crippen LogP contribution is -2.09. The molecular weight excluding hydrogens is 256 g/mol. The van der Waals surface area contributed by atoms with Crippen molar-refractivity contribution in [3.8, 4) is 0 Å². The van der Waals surface area contributed by atoms with Gasteiger partial charge in [0.1, 0.15) is 0 Å². The summed E-state index contributed by atoms with van der Waals surface area (Å²) in [4.78, 5) is 0. The van der Waals surface area contributed by atoms with E-state index >= 15 is 0 Å². The molecule has 0 bridgehead atoms. The third kappa shape index (κ3) is 2.34. The van der Waals surface area contributed by atoms with Crippen molar-refractivity contribution in [2.45, 2.75) is 25.4 Å². The largest absolute Gasteiger partial charge is 0.378 e. The standard InChI is InChI=1S/C16H17ClN2/c1-10-6-7-11(8-14(10)17)19-16-9-15(18)12-4-2-3-5-13(12)16/h2-8,15-16,19H,9,18H2,1H3. The van der Waals surface area contributed by atoms with E-state index in [1.165, 1.54) is 11.1 Å². The summed E-state index contributed by atoms with van der Waals surface area (Å²) in [5, 5.41) is 4.32. The zero-order chi connectivity index (χ0) is 13.4. The van der Waals surface area contributed by atoms with Gasteiger partial charge in [0.05, 0.1) is 6.04 Å². The quantitative estimate of drug-likeness (QED) is 0.860. The van der Waals surface area contributed by atoms with Crippen LogP contribution in [-0.4, -0.2) is 0 Å². The first-order valence-electron chi connectivity index (χ1n) is 6.52. The first-order chi connectivity index (χ1) is 9.15. The molecule has 1 aliphatic rings. The Hall–Kier alpha value is -1.51. The molecule has 0 heterocycles. The van der Waals surface area contributed by atoms with Gasteiger partial charge in [0, 0.05) is 16.8 Å². The van der Waals surface area contributed by atoms with Gasteiger partial charge in [-0.05, 0) is 42.2 Å². The normalized spacial score (nSPS) is 21.2. The Balaban J connectivity index is 1.87. The van der Waals surface area contributed by atoms with Crippen molar-refractivity contribution in [2.24, 2.45) is 5.73 Å². The lowest BCUT2D eigenvalue weighted by Gasteiger charge is -2.16. The van der Waals surface area contributed by atoms with E-state index in [9.17, 15) is 0 Å². The van der Waals surface area contributed by atoms with Crippen molar-refractivity contribution in [1.82, 2.24) is 0 Å². The van der Waals surface area contributed by atoms with E-state index in [0.717, 1.165) is 22.7 Å². The van der Waals surface area contributed by atoms with Crippen molar-refractivity contribution >= 4 is 17.3 Å². The zero-order valence-corrected chi connectivity index (χ0v) is 11.6. The second kappa shape index (κ2) is 4.87. The molecule has 98 valence electrons. The Morgan fingerprint density at radius 2 is 1.89 bits per heavy atom. The van der Waals surface area contributed by atoms with E-state index in [-0.39, 0.29) is 12.1 Å². The average Bonchev–Trinajstić information content (AvgIpc) is 2.72. The number of fused-ring (bicyclic) bond motifs is 1. The Bertz CT molecular complexity index is 609. The van der Waals surface area contributed by atoms with E-state index in [2.05, 4.69) is 29.6 Å². The lowest BCUT2D eigenvalue weighted by molar-refractivity contribution is 0.648. The highest BCUT2D eigenvalue weighted by Gasteiger charge is 2.27. The summed E-state index contributed by atoms with van der Waals surface area (Å²) in [5.41, 5.74) is 10.9. The number of nitrogens with two attached hydrogens (primary N) is 1. The third-order valence-electron chi connectivity index (χ3n) is 3.77. The molecule has 1 aliphatic carbocycles. The highest BCUT2D eigenvalue weighted by Crippen LogP contribution is 2.39. The Labute approximate surface area is 118 Å². The van der Waals surface area contributed by atoms with E-state index in [1.807, 2.05) is 25.1 Å². The van der Waals surface area contributed by atoms with Gasteiger partial charge < -0.3 is 11.1 Å². The number of nitrogens with one attached hydrogen (secondary N) is 1. The molecule has 2 aromatic carbocycles. The van der Waals surface area contributed by atoms with Crippen molar-refractivity contribution in [3.63, 3.8) is 0 Å². The monoisotopic (exact) mass is 272 g/mol. The molecule has 2 aromatic rings. The molecule has 0 amide bonds. The second-order valence-electron chi connectivity index (χ2n) is 5.13. The number of benzene rings is 2. The van der Waals surface area contributed by atoms with Crippen LogP contribution in [0.5, 0.6) is 0 Å². The minimum atomic E-state index is 0.120. The molecule has 0 saturated heterocycles. The van der Waals surface area contributed by atoms with Crippen LogP contribution in [0.15, 0.2) is 42.5 Å². The van der Waals surface area contributed by atoms with Crippen LogP contribution in [0.2, 0.25) is 5.02 Å². The van der Waals surface area contributed by atoms with Gasteiger partial charge in [-0.3, -0.25) is 0 Å². The van der Waals surface area contributed by atoms with Crippen molar-refractivity contribution < 1.29 is 0 Å². The van der Waals surface area contributed by atoms with E-state index < -0.39 is 0 Å². The summed E-state index contributed by atoms with van der Waals surface area (Å²) < 4.78 is 0. The molecule has 0 saturated carbocycles. The second-order valence-corrected chi connectivity index (χ2v) is 5.54. The molecule has 3 rings (SSSR count). The highest BCUT2D eigenvalue weighted by atomic mass is 35.5. The Kier molecular flexibility index (Phi) is 3.21. The minimum absolute atomic E-state index is 0.120. The summed E-state index contributed by atoms with van der Waals surface area (Å²) in [6, 6.07) is 14.8. The predicted molar refractivity (Wildman–Crippen MR) is 80.5 cm³/mol. The van der Waals surface area contributed by atoms with Gasteiger partial charge in [0.2, 0.25) is 0 Å². The number of hydrogen-bond acceptors (Lipinski definition) is 2. The van der Waals surface area contributed by atoms with Crippen LogP contribution in [0.25, 0.3) is 0 Å². The predicted octanol–water partition coefficient (Wildman–Crippen LogP) is 4.21. The van der Waals surface area contributed by atoms with Gasteiger partial charge in [-0.15, -0.1) is 0 Å². The molecule has 2 unspecified atom stereocenters. The fourth-order valence-electron chi connectivity index (χ4n) is 2.69. The molecule has 0 spiro atoms. The molecule has 3 heteroatoms. The molecule has 0 radical (unpaired) electrons. The lowest BCUT2D eigenvalue weighted by atomic mass is 10.1. The summed E-state index contributed by atoms with van der Waals surface area (Å²) in [6.07, 6.45) is 0.921. The Morgan fingerprint density at radius 1 is 1.16 bits per heavy atom. The smallest absolute Gasteiger partial charge is 0.0535 e. The fraction of sp³-hybridized carbons (Fsp3) is 0.250. The van der Waals surface area contributed by atoms with Crippen LogP contribution in [-0.2, 0) is 0 Å². The van der Waals surface area contributed by atoms with E-state index in [1.54, 1.807) is 0 Å². The summed E-state index contributed by atoms with van der Waals surface area (Å²) in [5.74, 6) is 0. The van der Waals surface area contributed by atoms with Crippen LogP contribution in [0.1, 0.15) is 35.2 Å². The number of aryl methyl sites for hydroxylation is 1. The fourth-order valence-corrected chi connectivity index (χ4v) is 2.87. The van der Waals surface area contributed by atoms with Gasteiger partial charge in [-0.2, -0.15) is 0 Å². The minimum Gasteiger partial charge on any atom is -0.378 e. The van der Waals surface area contributed by atoms with Crippen LogP contribution in [0.3, 0.4) is 0 Å². The van der Waals surface area contributed by atoms with Gasteiger partial charge in [-0.1, -0.05) is 41.9 Å². The van der Waals surface area contributed by atoms with Crippen LogP contribution < -0.4 is 11.1 Å². The maximum atomic E-state index is 6.18. The molecule has 2 nitrogen and oxygen atoms in total. The van der Waals surface area contributed by atoms with Crippen LogP contribution >= 0.6 is 11.6 Å². The first kappa shape index (κ1) is 12.5. The van der Waals surface area contributed by atoms with E-state index in [0.29, 0.717) is 0 Å². The van der Waals surface area contributed by atoms with Gasteiger partial charge in [-0.25, -0.2) is 0 Å². The summed E-state index contributed by atoms with van der Waals surface area (Å²) in [7, 11) is 0. The van der Waals surface area contributed by atoms with Crippen molar-refractivity contribution in [1.29, 1.82) is 0 Å². The molecule has 19 heavy (non-hydrogen) atoms. The molecule has 2 atom stereocenters. The topological polar surface area (TPSA) is 38.0 Å². The molecule has 0 aromatic heterocycles. The van der Waals surface area contributed by atoms with Gasteiger partial charge in [0.15, 0.2) is 0 Å². The Morgan fingerprint density at radius 3 is 2.63 bits per heavy atom. The average molecular weight is 273 g/mol. The summed E-state index contributed by atoms with van der Waals surface area (Å²) >= 11 is 6.16. The number of anilines is 1. The van der Waals surface area contributed by atoms with Gasteiger partial charge >= 0.3 is 0 Å². The number of rotatable bonds is 2. The van der Waals surface area contributed by atoms with Crippen molar-refractivity contribution in [3.05, 3.63) is 64.2 Å².